The number of allylic oxidation sites excluding steroid dienone is 1. The minimum Gasteiger partial charge on any atom is -0.498 e. The molecule has 1 aliphatic carbocycles. The Kier molecular flexibility index (Phi) is 4.14. The van der Waals surface area contributed by atoms with Gasteiger partial charge in [-0.15, -0.1) is 11.6 Å². The third-order valence-corrected chi connectivity index (χ3v) is 4.72. The summed E-state index contributed by atoms with van der Waals surface area (Å²) in [5.74, 6) is -1.85. The molecule has 1 aliphatic heterocycles. The maximum atomic E-state index is 12.3. The van der Waals surface area contributed by atoms with Crippen LogP contribution >= 0.6 is 23.2 Å². The second-order valence-corrected chi connectivity index (χ2v) is 5.59. The van der Waals surface area contributed by atoms with Crippen molar-refractivity contribution in [1.82, 2.24) is 0 Å². The Morgan fingerprint density at radius 2 is 2.16 bits per heavy atom. The van der Waals surface area contributed by atoms with Gasteiger partial charge in [0.05, 0.1) is 18.7 Å². The van der Waals surface area contributed by atoms with E-state index in [0.29, 0.717) is 17.2 Å². The number of carbonyl (C=O) groups is 1. The molecule has 7 heteroatoms. The summed E-state index contributed by atoms with van der Waals surface area (Å²) >= 11 is 12.8. The van der Waals surface area contributed by atoms with Crippen LogP contribution in [0.15, 0.2) is 10.8 Å². The van der Waals surface area contributed by atoms with E-state index < -0.39 is 16.4 Å². The van der Waals surface area contributed by atoms with Gasteiger partial charge in [-0.2, -0.15) is 0 Å². The van der Waals surface area contributed by atoms with Gasteiger partial charge in [0.1, 0.15) is 12.4 Å². The molecule has 1 heterocycles. The molecule has 0 aromatic rings. The molecule has 0 saturated carbocycles. The first-order valence-electron chi connectivity index (χ1n) is 5.81. The Labute approximate surface area is 121 Å². The molecular formula is C12H16Cl2O5. The lowest BCUT2D eigenvalue weighted by Gasteiger charge is -2.37. The number of carbonyl (C=O) groups excluding carboxylic acids is 1. The minimum absolute atomic E-state index is 0.163. The summed E-state index contributed by atoms with van der Waals surface area (Å²) in [7, 11) is 4.26. The maximum Gasteiger partial charge on any atom is 0.258 e. The Hall–Kier alpha value is -0.330. The van der Waals surface area contributed by atoms with Gasteiger partial charge in [-0.25, -0.2) is 0 Å². The van der Waals surface area contributed by atoms with Crippen LogP contribution < -0.4 is 0 Å². The van der Waals surface area contributed by atoms with E-state index in [0.717, 1.165) is 0 Å². The maximum absolute atomic E-state index is 12.3. The standard InChI is InChI=1S/C12H16Cl2O5/c1-16-6-9(15)12(18-3)11(14)7(5-19-12)4-8(13)10(11)17-2/h7H,4-6H2,1-3H3/t7-,11-,12-/m1/s1. The van der Waals surface area contributed by atoms with Crippen LogP contribution in [0.2, 0.25) is 0 Å². The molecule has 2 rings (SSSR count). The summed E-state index contributed by atoms with van der Waals surface area (Å²) in [5, 5.41) is 0.498. The number of ketones is 1. The number of methoxy groups -OCH3 is 3. The average Bonchev–Trinajstić information content (AvgIpc) is 2.78. The third-order valence-electron chi connectivity index (χ3n) is 3.67. The first-order chi connectivity index (χ1) is 8.97. The van der Waals surface area contributed by atoms with Crippen molar-refractivity contribution < 1.29 is 23.7 Å². The summed E-state index contributed by atoms with van der Waals surface area (Å²) in [4.78, 5) is 11.1. The molecule has 19 heavy (non-hydrogen) atoms. The van der Waals surface area contributed by atoms with Crippen LogP contribution in [0.4, 0.5) is 0 Å². The third kappa shape index (κ3) is 1.83. The number of rotatable bonds is 5. The van der Waals surface area contributed by atoms with Crippen molar-refractivity contribution in [2.24, 2.45) is 5.92 Å². The van der Waals surface area contributed by atoms with Crippen LogP contribution in [0, 0.1) is 5.92 Å². The van der Waals surface area contributed by atoms with Crippen molar-refractivity contribution in [3.8, 4) is 0 Å². The van der Waals surface area contributed by atoms with E-state index in [9.17, 15) is 4.79 Å². The molecule has 0 spiro atoms. The Morgan fingerprint density at radius 1 is 1.47 bits per heavy atom. The van der Waals surface area contributed by atoms with Gasteiger partial charge in [-0.3, -0.25) is 4.79 Å². The van der Waals surface area contributed by atoms with Crippen molar-refractivity contribution in [3.63, 3.8) is 0 Å². The van der Waals surface area contributed by atoms with Crippen molar-refractivity contribution in [1.29, 1.82) is 0 Å². The molecule has 0 aromatic heterocycles. The predicted octanol–water partition coefficient (Wildman–Crippen LogP) is 1.67. The molecule has 0 amide bonds. The zero-order valence-corrected chi connectivity index (χ0v) is 12.5. The molecule has 1 saturated heterocycles. The highest BCUT2D eigenvalue weighted by atomic mass is 35.5. The van der Waals surface area contributed by atoms with Crippen LogP contribution in [-0.4, -0.2) is 51.0 Å². The Bertz CT molecular complexity index is 424. The summed E-state index contributed by atoms with van der Waals surface area (Å²) < 4.78 is 21.1. The molecule has 108 valence electrons. The minimum atomic E-state index is -1.63. The monoisotopic (exact) mass is 310 g/mol. The molecule has 3 atom stereocenters. The summed E-state index contributed by atoms with van der Waals surface area (Å²) in [5.41, 5.74) is 0. The van der Waals surface area contributed by atoms with Gasteiger partial charge >= 0.3 is 0 Å². The van der Waals surface area contributed by atoms with Gasteiger partial charge < -0.3 is 18.9 Å². The largest absolute Gasteiger partial charge is 0.498 e. The smallest absolute Gasteiger partial charge is 0.258 e. The van der Waals surface area contributed by atoms with E-state index in [4.69, 9.17) is 42.1 Å². The van der Waals surface area contributed by atoms with Crippen LogP contribution in [0.1, 0.15) is 6.42 Å². The number of Topliss-reactive ketones (excluding diaryl/α,β-unsaturated/α-hetero) is 1. The number of ether oxygens (including phenoxy) is 4. The first kappa shape index (κ1) is 15.1. The van der Waals surface area contributed by atoms with Crippen LogP contribution in [0.3, 0.4) is 0 Å². The van der Waals surface area contributed by atoms with Crippen molar-refractivity contribution in [2.45, 2.75) is 17.1 Å². The molecule has 0 aromatic carbocycles. The molecule has 0 bridgehead atoms. The van der Waals surface area contributed by atoms with Crippen molar-refractivity contribution in [3.05, 3.63) is 10.8 Å². The fourth-order valence-corrected chi connectivity index (χ4v) is 3.87. The highest BCUT2D eigenvalue weighted by Gasteiger charge is 2.71. The van der Waals surface area contributed by atoms with Crippen LogP contribution in [0.25, 0.3) is 0 Å². The Morgan fingerprint density at radius 3 is 2.68 bits per heavy atom. The normalized spacial score (nSPS) is 37.6. The molecule has 0 unspecified atom stereocenters. The second-order valence-electron chi connectivity index (χ2n) is 4.54. The predicted molar refractivity (Wildman–Crippen MR) is 69.2 cm³/mol. The lowest BCUT2D eigenvalue weighted by molar-refractivity contribution is -0.210. The highest BCUT2D eigenvalue weighted by molar-refractivity contribution is 6.35. The quantitative estimate of drug-likeness (QED) is 0.723. The van der Waals surface area contributed by atoms with Gasteiger partial charge in [0, 0.05) is 20.1 Å². The van der Waals surface area contributed by atoms with E-state index in [1.807, 2.05) is 0 Å². The lowest BCUT2D eigenvalue weighted by Crippen LogP contribution is -2.58. The number of hydrogen-bond acceptors (Lipinski definition) is 5. The molecule has 0 N–H and O–H groups in total. The Balaban J connectivity index is 2.49. The molecule has 0 radical (unpaired) electrons. The van der Waals surface area contributed by atoms with Gasteiger partial charge in [-0.05, 0) is 6.42 Å². The fourth-order valence-electron chi connectivity index (χ4n) is 2.84. The van der Waals surface area contributed by atoms with E-state index in [2.05, 4.69) is 0 Å². The number of halogens is 2. The van der Waals surface area contributed by atoms with Crippen LogP contribution in [0.5, 0.6) is 0 Å². The lowest BCUT2D eigenvalue weighted by atomic mass is 9.86. The average molecular weight is 311 g/mol. The van der Waals surface area contributed by atoms with Gasteiger partial charge in [0.2, 0.25) is 5.78 Å². The topological polar surface area (TPSA) is 54.0 Å². The number of alkyl halides is 1. The summed E-state index contributed by atoms with van der Waals surface area (Å²) in [6.07, 6.45) is 0.500. The van der Waals surface area contributed by atoms with E-state index in [1.165, 1.54) is 21.3 Å². The SMILES string of the molecule is COCC(=O)[C@@]1(OC)OC[C@H]2CC(Cl)=C(OC)[C@]21Cl. The first-order valence-corrected chi connectivity index (χ1v) is 6.56. The van der Waals surface area contributed by atoms with Gasteiger partial charge in [-0.1, -0.05) is 11.6 Å². The van der Waals surface area contributed by atoms with Gasteiger partial charge in [0.15, 0.2) is 4.87 Å². The van der Waals surface area contributed by atoms with Gasteiger partial charge in [0.25, 0.3) is 5.79 Å². The zero-order chi connectivity index (χ0) is 14.3. The molecule has 5 nitrogen and oxygen atoms in total. The zero-order valence-electron chi connectivity index (χ0n) is 11.0. The van der Waals surface area contributed by atoms with E-state index >= 15 is 0 Å². The summed E-state index contributed by atoms with van der Waals surface area (Å²) in [6.45, 7) is 0.111. The molecular weight excluding hydrogens is 295 g/mol. The second kappa shape index (κ2) is 5.22. The molecule has 1 fully saturated rings. The number of fused-ring (bicyclic) bond motifs is 1. The van der Waals surface area contributed by atoms with Crippen molar-refractivity contribution >= 4 is 29.0 Å². The number of hydrogen-bond donors (Lipinski definition) is 0. The molecule has 2 aliphatic rings. The fraction of sp³-hybridized carbons (Fsp3) is 0.750. The van der Waals surface area contributed by atoms with Crippen molar-refractivity contribution in [2.75, 3.05) is 34.5 Å². The highest BCUT2D eigenvalue weighted by Crippen LogP contribution is 2.58. The summed E-state index contributed by atoms with van der Waals surface area (Å²) in [6, 6.07) is 0. The van der Waals surface area contributed by atoms with E-state index in [-0.39, 0.29) is 19.1 Å². The van der Waals surface area contributed by atoms with Crippen LogP contribution in [-0.2, 0) is 23.7 Å². The van der Waals surface area contributed by atoms with E-state index in [1.54, 1.807) is 0 Å².